The van der Waals surface area contributed by atoms with E-state index in [4.69, 9.17) is 0 Å². The Labute approximate surface area is 114 Å². The summed E-state index contributed by atoms with van der Waals surface area (Å²) in [5.41, 5.74) is 0.626. The average molecular weight is 286 g/mol. The Bertz CT molecular complexity index is 496. The molecule has 1 heterocycles. The maximum absolute atomic E-state index is 12.1. The Morgan fingerprint density at radius 3 is 2.74 bits per heavy atom. The third kappa shape index (κ3) is 3.81. The highest BCUT2D eigenvalue weighted by molar-refractivity contribution is 7.89. The minimum atomic E-state index is -3.44. The van der Waals surface area contributed by atoms with Gasteiger partial charge in [-0.1, -0.05) is 12.8 Å². The molecule has 0 bridgehead atoms. The lowest BCUT2D eigenvalue weighted by molar-refractivity contribution is 0.271. The largest absolute Gasteiger partial charge is 0.390 e. The predicted molar refractivity (Wildman–Crippen MR) is 73.2 cm³/mol. The number of nitrogens with one attached hydrogen (secondary N) is 1. The van der Waals surface area contributed by atoms with Crippen molar-refractivity contribution in [1.29, 1.82) is 0 Å². The third-order valence-electron chi connectivity index (χ3n) is 3.55. The van der Waals surface area contributed by atoms with Crippen LogP contribution in [0.15, 0.2) is 17.2 Å². The fourth-order valence-corrected chi connectivity index (χ4v) is 3.32. The van der Waals surface area contributed by atoms with Crippen LogP contribution in [0, 0.1) is 5.92 Å². The summed E-state index contributed by atoms with van der Waals surface area (Å²) in [4.78, 5) is 0.241. The fraction of sp³-hybridized carbons (Fsp3) is 0.692. The summed E-state index contributed by atoms with van der Waals surface area (Å²) in [6, 6.07) is 1.53. The van der Waals surface area contributed by atoms with Gasteiger partial charge in [0.25, 0.3) is 0 Å². The number of aliphatic hydroxyl groups excluding tert-OH is 1. The van der Waals surface area contributed by atoms with Crippen LogP contribution in [0.5, 0.6) is 0 Å². The van der Waals surface area contributed by atoms with Gasteiger partial charge in [0.15, 0.2) is 0 Å². The van der Waals surface area contributed by atoms with Crippen LogP contribution in [0.1, 0.15) is 38.3 Å². The van der Waals surface area contributed by atoms with Crippen molar-refractivity contribution in [3.63, 3.8) is 0 Å². The van der Waals surface area contributed by atoms with E-state index in [9.17, 15) is 13.5 Å². The lowest BCUT2D eigenvalue weighted by atomic mass is 10.2. The molecule has 1 aromatic rings. The number of nitrogens with zero attached hydrogens (tertiary/aromatic N) is 1. The van der Waals surface area contributed by atoms with Crippen LogP contribution in [-0.2, 0) is 23.2 Å². The summed E-state index contributed by atoms with van der Waals surface area (Å²) in [6.45, 7) is 2.90. The first kappa shape index (κ1) is 14.6. The van der Waals surface area contributed by atoms with Crippen molar-refractivity contribution in [2.24, 2.45) is 5.92 Å². The van der Waals surface area contributed by atoms with E-state index in [1.807, 2.05) is 6.92 Å². The quantitative estimate of drug-likeness (QED) is 0.711. The molecule has 19 heavy (non-hydrogen) atoms. The predicted octanol–water partition coefficient (Wildman–Crippen LogP) is 1.47. The Hall–Kier alpha value is -0.850. The molecule has 1 aromatic heterocycles. The summed E-state index contributed by atoms with van der Waals surface area (Å²) in [6.07, 6.45) is 6.18. The lowest BCUT2D eigenvalue weighted by Crippen LogP contribution is -2.24. The minimum Gasteiger partial charge on any atom is -0.390 e. The van der Waals surface area contributed by atoms with Gasteiger partial charge < -0.3 is 9.67 Å². The molecule has 6 heteroatoms. The van der Waals surface area contributed by atoms with Crippen molar-refractivity contribution in [2.75, 3.05) is 6.54 Å². The number of hydrogen-bond donors (Lipinski definition) is 2. The van der Waals surface area contributed by atoms with E-state index in [0.717, 1.165) is 18.8 Å². The van der Waals surface area contributed by atoms with Crippen molar-refractivity contribution >= 4 is 10.0 Å². The molecule has 0 amide bonds. The zero-order valence-electron chi connectivity index (χ0n) is 11.3. The molecule has 0 saturated heterocycles. The number of rotatable bonds is 8. The van der Waals surface area contributed by atoms with Crippen LogP contribution in [0.3, 0.4) is 0 Å². The van der Waals surface area contributed by atoms with Gasteiger partial charge in [0.1, 0.15) is 0 Å². The summed E-state index contributed by atoms with van der Waals surface area (Å²) >= 11 is 0. The zero-order chi connectivity index (χ0) is 13.9. The monoisotopic (exact) mass is 286 g/mol. The number of aryl methyl sites for hydroxylation is 1. The Morgan fingerprint density at radius 1 is 1.47 bits per heavy atom. The van der Waals surface area contributed by atoms with Gasteiger partial charge >= 0.3 is 0 Å². The lowest BCUT2D eigenvalue weighted by Gasteiger charge is -2.04. The van der Waals surface area contributed by atoms with Gasteiger partial charge in [-0.2, -0.15) is 0 Å². The van der Waals surface area contributed by atoms with Crippen molar-refractivity contribution < 1.29 is 13.5 Å². The molecule has 0 radical (unpaired) electrons. The summed E-state index contributed by atoms with van der Waals surface area (Å²) < 4.78 is 28.5. The average Bonchev–Trinajstić information content (AvgIpc) is 3.11. The number of hydrogen-bond acceptors (Lipinski definition) is 3. The first-order valence-corrected chi connectivity index (χ1v) is 8.34. The molecule has 0 aromatic carbocycles. The second-order valence-electron chi connectivity index (χ2n) is 5.09. The molecule has 1 aliphatic rings. The molecule has 1 saturated carbocycles. The van der Waals surface area contributed by atoms with Crippen LogP contribution in [0.25, 0.3) is 0 Å². The maximum atomic E-state index is 12.1. The first-order valence-electron chi connectivity index (χ1n) is 6.86. The van der Waals surface area contributed by atoms with Crippen molar-refractivity contribution in [2.45, 2.75) is 50.7 Å². The highest BCUT2D eigenvalue weighted by Gasteiger charge is 2.21. The molecule has 2 rings (SSSR count). The number of sulfonamides is 1. The van der Waals surface area contributed by atoms with Gasteiger partial charge in [0.05, 0.1) is 11.5 Å². The molecule has 1 fully saturated rings. The third-order valence-corrected chi connectivity index (χ3v) is 4.98. The van der Waals surface area contributed by atoms with E-state index in [1.165, 1.54) is 18.9 Å². The Kier molecular flexibility index (Phi) is 4.65. The smallest absolute Gasteiger partial charge is 0.242 e. The molecule has 1 aliphatic carbocycles. The van der Waals surface area contributed by atoms with E-state index in [-0.39, 0.29) is 11.5 Å². The highest BCUT2D eigenvalue weighted by Crippen LogP contribution is 2.33. The highest BCUT2D eigenvalue weighted by atomic mass is 32.2. The zero-order valence-corrected chi connectivity index (χ0v) is 12.1. The Morgan fingerprint density at radius 2 is 2.21 bits per heavy atom. The van der Waals surface area contributed by atoms with E-state index >= 15 is 0 Å². The molecular weight excluding hydrogens is 264 g/mol. The summed E-state index contributed by atoms with van der Waals surface area (Å²) in [7, 11) is -3.44. The molecular formula is C13H22N2O3S. The van der Waals surface area contributed by atoms with E-state index in [2.05, 4.69) is 4.72 Å². The van der Waals surface area contributed by atoms with Gasteiger partial charge in [-0.3, -0.25) is 0 Å². The van der Waals surface area contributed by atoms with Gasteiger partial charge in [-0.15, -0.1) is 0 Å². The summed E-state index contributed by atoms with van der Waals surface area (Å²) in [5, 5.41) is 9.17. The normalized spacial score (nSPS) is 15.9. The van der Waals surface area contributed by atoms with E-state index in [1.54, 1.807) is 10.8 Å². The second kappa shape index (κ2) is 6.07. The SMILES string of the molecule is CCn1cc(S(=O)(=O)NCCCC2CC2)cc1CO. The molecule has 2 N–H and O–H groups in total. The van der Waals surface area contributed by atoms with Crippen LogP contribution in [-0.4, -0.2) is 24.6 Å². The van der Waals surface area contributed by atoms with Gasteiger partial charge in [0.2, 0.25) is 10.0 Å². The molecule has 108 valence electrons. The van der Waals surface area contributed by atoms with E-state index < -0.39 is 10.0 Å². The Balaban J connectivity index is 1.95. The minimum absolute atomic E-state index is 0.148. The number of aliphatic hydroxyl groups is 1. The van der Waals surface area contributed by atoms with Gasteiger partial charge in [-0.25, -0.2) is 13.1 Å². The van der Waals surface area contributed by atoms with Gasteiger partial charge in [0, 0.05) is 25.0 Å². The van der Waals surface area contributed by atoms with Gasteiger partial charge in [-0.05, 0) is 31.7 Å². The van der Waals surface area contributed by atoms with Crippen molar-refractivity contribution in [3.05, 3.63) is 18.0 Å². The van der Waals surface area contributed by atoms with Crippen molar-refractivity contribution in [1.82, 2.24) is 9.29 Å². The molecule has 5 nitrogen and oxygen atoms in total. The molecule has 0 atom stereocenters. The standard InChI is InChI=1S/C13H22N2O3S/c1-2-15-9-13(8-12(15)10-16)19(17,18)14-7-3-4-11-5-6-11/h8-9,11,14,16H,2-7,10H2,1H3. The van der Waals surface area contributed by atoms with E-state index in [0.29, 0.717) is 18.8 Å². The van der Waals surface area contributed by atoms with Crippen LogP contribution >= 0.6 is 0 Å². The second-order valence-corrected chi connectivity index (χ2v) is 6.86. The molecule has 0 spiro atoms. The topological polar surface area (TPSA) is 71.3 Å². The number of aromatic nitrogens is 1. The van der Waals surface area contributed by atoms with Crippen LogP contribution in [0.2, 0.25) is 0 Å². The summed E-state index contributed by atoms with van der Waals surface area (Å²) in [5.74, 6) is 0.826. The first-order chi connectivity index (χ1) is 9.06. The maximum Gasteiger partial charge on any atom is 0.242 e. The molecule has 0 unspecified atom stereocenters. The molecule has 0 aliphatic heterocycles. The van der Waals surface area contributed by atoms with Crippen molar-refractivity contribution in [3.8, 4) is 0 Å². The van der Waals surface area contributed by atoms with Crippen LogP contribution < -0.4 is 4.72 Å². The fourth-order valence-electron chi connectivity index (χ4n) is 2.19. The van der Waals surface area contributed by atoms with Crippen LogP contribution in [0.4, 0.5) is 0 Å².